The van der Waals surface area contributed by atoms with Crippen molar-refractivity contribution in [3.05, 3.63) is 58.1 Å². The molecule has 0 spiro atoms. The van der Waals surface area contributed by atoms with Crippen molar-refractivity contribution in [2.75, 3.05) is 11.9 Å². The quantitative estimate of drug-likeness (QED) is 0.706. The van der Waals surface area contributed by atoms with E-state index in [9.17, 15) is 9.59 Å². The number of hydrogen-bond acceptors (Lipinski definition) is 4. The molecule has 0 aliphatic carbocycles. The van der Waals surface area contributed by atoms with Crippen molar-refractivity contribution < 1.29 is 9.59 Å². The Morgan fingerprint density at radius 1 is 1.14 bits per heavy atom. The van der Waals surface area contributed by atoms with Crippen LogP contribution in [-0.2, 0) is 9.59 Å². The van der Waals surface area contributed by atoms with Crippen LogP contribution in [-0.4, -0.2) is 33.7 Å². The maximum absolute atomic E-state index is 12.8. The molecule has 0 bridgehead atoms. The number of carbonyl (C=O) groups is 2. The number of rotatable bonds is 5. The van der Waals surface area contributed by atoms with Gasteiger partial charge in [-0.15, -0.1) is 0 Å². The van der Waals surface area contributed by atoms with E-state index in [1.54, 1.807) is 17.0 Å². The highest BCUT2D eigenvalue weighted by Crippen LogP contribution is 2.32. The zero-order chi connectivity index (χ0) is 21.1. The van der Waals surface area contributed by atoms with Crippen LogP contribution < -0.4 is 5.32 Å². The monoisotopic (exact) mass is 429 g/mol. The molecule has 1 aliphatic rings. The molecule has 0 unspecified atom stereocenters. The van der Waals surface area contributed by atoms with Crippen LogP contribution in [0.1, 0.15) is 30.0 Å². The molecule has 152 valence electrons. The minimum atomic E-state index is -0.486. The van der Waals surface area contributed by atoms with Crippen LogP contribution in [0.25, 0.3) is 0 Å². The van der Waals surface area contributed by atoms with Crippen LogP contribution in [0, 0.1) is 20.8 Å². The van der Waals surface area contributed by atoms with Gasteiger partial charge in [0.25, 0.3) is 0 Å². The van der Waals surface area contributed by atoms with Crippen LogP contribution in [0.2, 0.25) is 5.02 Å². The molecular formula is C22H24ClN3O2S. The lowest BCUT2D eigenvalue weighted by Crippen LogP contribution is -2.33. The van der Waals surface area contributed by atoms with Gasteiger partial charge in [-0.05, 0) is 68.7 Å². The first-order valence-corrected chi connectivity index (χ1v) is 10.7. The molecule has 2 aromatic rings. The summed E-state index contributed by atoms with van der Waals surface area (Å²) in [7, 11) is 0. The minimum Gasteiger partial charge on any atom is -0.326 e. The van der Waals surface area contributed by atoms with E-state index in [0.29, 0.717) is 22.4 Å². The van der Waals surface area contributed by atoms with Crippen LogP contribution in [0.5, 0.6) is 0 Å². The molecule has 1 saturated heterocycles. The second-order valence-corrected chi connectivity index (χ2v) is 8.67. The number of hydrogen-bond donors (Lipinski definition) is 1. The summed E-state index contributed by atoms with van der Waals surface area (Å²) in [6.45, 7) is 8.41. The van der Waals surface area contributed by atoms with Crippen molar-refractivity contribution in [2.24, 2.45) is 4.99 Å². The number of aliphatic imine (C=N–C) groups is 1. The molecule has 0 saturated carbocycles. The fourth-order valence-corrected chi connectivity index (χ4v) is 4.41. The van der Waals surface area contributed by atoms with Crippen LogP contribution in [0.15, 0.2) is 41.4 Å². The molecule has 2 aromatic carbocycles. The highest BCUT2D eigenvalue weighted by molar-refractivity contribution is 8.15. The smallest absolute Gasteiger partial charge is 0.242 e. The van der Waals surface area contributed by atoms with Gasteiger partial charge in [0.05, 0.1) is 5.69 Å². The SMILES string of the molecule is CCN1C(=O)[C@@H](CC(=O)Nc2cc(Cl)ccc2C)SC1=Nc1ccc(C)c(C)c1. The third-order valence-electron chi connectivity index (χ3n) is 4.90. The maximum atomic E-state index is 12.8. The van der Waals surface area contributed by atoms with E-state index in [1.807, 2.05) is 45.0 Å². The maximum Gasteiger partial charge on any atom is 0.242 e. The van der Waals surface area contributed by atoms with Crippen molar-refractivity contribution in [1.82, 2.24) is 4.90 Å². The number of carbonyl (C=O) groups excluding carboxylic acids is 2. The van der Waals surface area contributed by atoms with Gasteiger partial charge in [-0.1, -0.05) is 35.5 Å². The first-order chi connectivity index (χ1) is 13.8. The lowest BCUT2D eigenvalue weighted by molar-refractivity contribution is -0.128. The Morgan fingerprint density at radius 2 is 1.86 bits per heavy atom. The number of amides is 2. The average Bonchev–Trinajstić information content (AvgIpc) is 2.95. The normalized spacial score (nSPS) is 17.8. The summed E-state index contributed by atoms with van der Waals surface area (Å²) in [6, 6.07) is 11.3. The van der Waals surface area contributed by atoms with E-state index in [-0.39, 0.29) is 18.2 Å². The van der Waals surface area contributed by atoms with Gasteiger partial charge in [-0.2, -0.15) is 0 Å². The van der Waals surface area contributed by atoms with E-state index < -0.39 is 5.25 Å². The fourth-order valence-electron chi connectivity index (χ4n) is 3.02. The van der Waals surface area contributed by atoms with Crippen LogP contribution in [0.4, 0.5) is 11.4 Å². The van der Waals surface area contributed by atoms with E-state index >= 15 is 0 Å². The summed E-state index contributed by atoms with van der Waals surface area (Å²) < 4.78 is 0. The number of thioether (sulfide) groups is 1. The molecule has 0 aromatic heterocycles. The molecule has 1 atom stereocenters. The zero-order valence-corrected chi connectivity index (χ0v) is 18.5. The largest absolute Gasteiger partial charge is 0.326 e. The number of anilines is 1. The lowest BCUT2D eigenvalue weighted by atomic mass is 10.1. The summed E-state index contributed by atoms with van der Waals surface area (Å²) in [6.07, 6.45) is 0.0812. The number of benzene rings is 2. The number of halogens is 1. The first kappa shape index (κ1) is 21.4. The van der Waals surface area contributed by atoms with Gasteiger partial charge < -0.3 is 5.32 Å². The second kappa shape index (κ2) is 9.01. The third-order valence-corrected chi connectivity index (χ3v) is 6.31. The summed E-state index contributed by atoms with van der Waals surface area (Å²) in [5, 5.41) is 3.57. The van der Waals surface area contributed by atoms with E-state index in [1.165, 1.54) is 17.3 Å². The molecule has 5 nitrogen and oxygen atoms in total. The first-order valence-electron chi connectivity index (χ1n) is 9.48. The van der Waals surface area contributed by atoms with Gasteiger partial charge in [0, 0.05) is 23.7 Å². The fraction of sp³-hybridized carbons (Fsp3) is 0.318. The molecule has 3 rings (SSSR count). The molecule has 7 heteroatoms. The van der Waals surface area contributed by atoms with Crippen molar-refractivity contribution >= 4 is 51.7 Å². The van der Waals surface area contributed by atoms with Crippen LogP contribution in [0.3, 0.4) is 0 Å². The van der Waals surface area contributed by atoms with Gasteiger partial charge in [-0.3, -0.25) is 14.5 Å². The summed E-state index contributed by atoms with van der Waals surface area (Å²) in [5.74, 6) is -0.303. The van der Waals surface area contributed by atoms with Crippen molar-refractivity contribution in [3.8, 4) is 0 Å². The Balaban J connectivity index is 1.74. The predicted molar refractivity (Wildman–Crippen MR) is 121 cm³/mol. The molecule has 29 heavy (non-hydrogen) atoms. The van der Waals surface area contributed by atoms with Gasteiger partial charge >= 0.3 is 0 Å². The zero-order valence-electron chi connectivity index (χ0n) is 17.0. The summed E-state index contributed by atoms with van der Waals surface area (Å²) in [5.41, 5.74) is 4.73. The predicted octanol–water partition coefficient (Wildman–Crippen LogP) is 5.25. The van der Waals surface area contributed by atoms with E-state index in [0.717, 1.165) is 16.8 Å². The Labute approximate surface area is 180 Å². The Morgan fingerprint density at radius 3 is 2.55 bits per heavy atom. The average molecular weight is 430 g/mol. The van der Waals surface area contributed by atoms with Gasteiger partial charge in [0.1, 0.15) is 5.25 Å². The van der Waals surface area contributed by atoms with Gasteiger partial charge in [-0.25, -0.2) is 4.99 Å². The Bertz CT molecular complexity index is 990. The highest BCUT2D eigenvalue weighted by Gasteiger charge is 2.38. The number of nitrogens with zero attached hydrogens (tertiary/aromatic N) is 2. The summed E-state index contributed by atoms with van der Waals surface area (Å²) in [4.78, 5) is 31.6. The number of nitrogens with one attached hydrogen (secondary N) is 1. The van der Waals surface area contributed by atoms with Gasteiger partial charge in [0.15, 0.2) is 5.17 Å². The van der Waals surface area contributed by atoms with Crippen LogP contribution >= 0.6 is 23.4 Å². The van der Waals surface area contributed by atoms with Gasteiger partial charge in [0.2, 0.25) is 11.8 Å². The molecular weight excluding hydrogens is 406 g/mol. The van der Waals surface area contributed by atoms with Crippen molar-refractivity contribution in [2.45, 2.75) is 39.4 Å². The van der Waals surface area contributed by atoms with E-state index in [4.69, 9.17) is 11.6 Å². The minimum absolute atomic E-state index is 0.0812. The molecule has 1 aliphatic heterocycles. The molecule has 1 N–H and O–H groups in total. The number of amidine groups is 1. The molecule has 0 radical (unpaired) electrons. The Kier molecular flexibility index (Phi) is 6.65. The third kappa shape index (κ3) is 5.00. The highest BCUT2D eigenvalue weighted by atomic mass is 35.5. The summed E-state index contributed by atoms with van der Waals surface area (Å²) >= 11 is 7.36. The van der Waals surface area contributed by atoms with Crippen molar-refractivity contribution in [3.63, 3.8) is 0 Å². The van der Waals surface area contributed by atoms with E-state index in [2.05, 4.69) is 17.2 Å². The molecule has 1 fully saturated rings. The molecule has 2 amide bonds. The second-order valence-electron chi connectivity index (χ2n) is 7.06. The Hall–Kier alpha value is -2.31. The molecule has 1 heterocycles. The lowest BCUT2D eigenvalue weighted by Gasteiger charge is -2.14. The van der Waals surface area contributed by atoms with Crippen molar-refractivity contribution in [1.29, 1.82) is 0 Å². The standard InChI is InChI=1S/C22H24ClN3O2S/c1-5-26-21(28)19(12-20(27)25-18-11-16(23)8-6-14(18)3)29-22(26)24-17-9-7-13(2)15(4)10-17/h6-11,19H,5,12H2,1-4H3,(H,25,27)/t19-/m1/s1. The number of aryl methyl sites for hydroxylation is 3. The topological polar surface area (TPSA) is 61.8 Å².